The fourth-order valence-corrected chi connectivity index (χ4v) is 1.90. The third-order valence-electron chi connectivity index (χ3n) is 2.47. The average molecular weight is 325 g/mol. The van der Waals surface area contributed by atoms with Crippen LogP contribution >= 0.6 is 15.9 Å². The molecule has 3 nitrogen and oxygen atoms in total. The lowest BCUT2D eigenvalue weighted by Gasteiger charge is -2.08. The van der Waals surface area contributed by atoms with E-state index in [-0.39, 0.29) is 5.75 Å². The highest BCUT2D eigenvalue weighted by Gasteiger charge is 2.06. The van der Waals surface area contributed by atoms with Crippen molar-refractivity contribution < 1.29 is 9.13 Å². The Bertz CT molecular complexity index is 563. The molecule has 0 fully saturated rings. The standard InChI is InChI=1S/C14H14BrFN2O/c1-2-17-7-10-5-12(9-18-8-10)19-14-4-3-11(15)6-13(14)16/h3-6,8-9,17H,2,7H2,1H3. The van der Waals surface area contributed by atoms with Gasteiger partial charge in [0.25, 0.3) is 0 Å². The van der Waals surface area contributed by atoms with Crippen molar-refractivity contribution in [2.24, 2.45) is 0 Å². The maximum Gasteiger partial charge on any atom is 0.166 e. The number of halogens is 2. The van der Waals surface area contributed by atoms with Crippen LogP contribution in [-0.4, -0.2) is 11.5 Å². The van der Waals surface area contributed by atoms with E-state index in [2.05, 4.69) is 26.2 Å². The number of rotatable bonds is 5. The van der Waals surface area contributed by atoms with E-state index in [1.54, 1.807) is 24.5 Å². The normalized spacial score (nSPS) is 10.5. The summed E-state index contributed by atoms with van der Waals surface area (Å²) in [5, 5.41) is 3.20. The molecule has 2 rings (SSSR count). The summed E-state index contributed by atoms with van der Waals surface area (Å²) >= 11 is 3.21. The highest BCUT2D eigenvalue weighted by molar-refractivity contribution is 9.10. The molecule has 0 radical (unpaired) electrons. The second-order valence-electron chi connectivity index (χ2n) is 3.99. The number of benzene rings is 1. The molecule has 0 atom stereocenters. The summed E-state index contributed by atoms with van der Waals surface area (Å²) in [7, 11) is 0. The van der Waals surface area contributed by atoms with Crippen molar-refractivity contribution in [1.29, 1.82) is 0 Å². The summed E-state index contributed by atoms with van der Waals surface area (Å²) in [6.45, 7) is 3.63. The lowest BCUT2D eigenvalue weighted by atomic mass is 10.2. The first-order chi connectivity index (χ1) is 9.19. The zero-order valence-corrected chi connectivity index (χ0v) is 12.1. The molecule has 0 aliphatic heterocycles. The van der Waals surface area contributed by atoms with Crippen molar-refractivity contribution in [1.82, 2.24) is 10.3 Å². The molecule has 0 saturated carbocycles. The van der Waals surface area contributed by atoms with Crippen LogP contribution in [0.2, 0.25) is 0 Å². The third kappa shape index (κ3) is 4.01. The Kier molecular flexibility index (Phi) is 4.87. The van der Waals surface area contributed by atoms with Crippen LogP contribution in [0.15, 0.2) is 41.1 Å². The minimum absolute atomic E-state index is 0.186. The summed E-state index contributed by atoms with van der Waals surface area (Å²) in [4.78, 5) is 4.08. The Morgan fingerprint density at radius 2 is 2.16 bits per heavy atom. The highest BCUT2D eigenvalue weighted by atomic mass is 79.9. The number of hydrogen-bond acceptors (Lipinski definition) is 3. The van der Waals surface area contributed by atoms with Gasteiger partial charge in [0.05, 0.1) is 6.20 Å². The summed E-state index contributed by atoms with van der Waals surface area (Å²) in [5.41, 5.74) is 0.997. The minimum atomic E-state index is -0.411. The van der Waals surface area contributed by atoms with Crippen molar-refractivity contribution >= 4 is 15.9 Å². The monoisotopic (exact) mass is 324 g/mol. The largest absolute Gasteiger partial charge is 0.453 e. The van der Waals surface area contributed by atoms with Crippen LogP contribution in [0.1, 0.15) is 12.5 Å². The van der Waals surface area contributed by atoms with E-state index in [9.17, 15) is 4.39 Å². The van der Waals surface area contributed by atoms with Crippen LogP contribution in [0.25, 0.3) is 0 Å². The smallest absolute Gasteiger partial charge is 0.166 e. The first kappa shape index (κ1) is 14.0. The highest BCUT2D eigenvalue weighted by Crippen LogP contribution is 2.26. The lowest BCUT2D eigenvalue weighted by Crippen LogP contribution is -2.11. The van der Waals surface area contributed by atoms with Crippen molar-refractivity contribution in [3.63, 3.8) is 0 Å². The number of nitrogens with zero attached hydrogens (tertiary/aromatic N) is 1. The van der Waals surface area contributed by atoms with Gasteiger partial charge in [0.1, 0.15) is 5.75 Å². The molecule has 100 valence electrons. The van der Waals surface area contributed by atoms with Crippen LogP contribution in [0, 0.1) is 5.82 Å². The fourth-order valence-electron chi connectivity index (χ4n) is 1.57. The first-order valence-corrected chi connectivity index (χ1v) is 6.76. The van der Waals surface area contributed by atoms with Gasteiger partial charge in [0.15, 0.2) is 11.6 Å². The number of ether oxygens (including phenoxy) is 1. The van der Waals surface area contributed by atoms with Gasteiger partial charge in [-0.3, -0.25) is 4.98 Å². The van der Waals surface area contributed by atoms with Crippen LogP contribution in [0.4, 0.5) is 4.39 Å². The van der Waals surface area contributed by atoms with Crippen molar-refractivity contribution in [3.05, 3.63) is 52.5 Å². The topological polar surface area (TPSA) is 34.2 Å². The van der Waals surface area contributed by atoms with Crippen molar-refractivity contribution in [3.8, 4) is 11.5 Å². The minimum Gasteiger partial charge on any atom is -0.453 e. The zero-order chi connectivity index (χ0) is 13.7. The molecule has 0 aliphatic rings. The maximum absolute atomic E-state index is 13.7. The van der Waals surface area contributed by atoms with E-state index in [1.807, 2.05) is 13.0 Å². The van der Waals surface area contributed by atoms with Gasteiger partial charge in [-0.25, -0.2) is 4.39 Å². The Morgan fingerprint density at radius 1 is 1.32 bits per heavy atom. The molecule has 1 N–H and O–H groups in total. The van der Waals surface area contributed by atoms with Crippen LogP contribution < -0.4 is 10.1 Å². The van der Waals surface area contributed by atoms with Gasteiger partial charge in [-0.2, -0.15) is 0 Å². The quantitative estimate of drug-likeness (QED) is 0.906. The molecular formula is C14H14BrFN2O. The van der Waals surface area contributed by atoms with Gasteiger partial charge < -0.3 is 10.1 Å². The molecule has 0 bridgehead atoms. The Hall–Kier alpha value is -1.46. The van der Waals surface area contributed by atoms with E-state index < -0.39 is 5.82 Å². The molecule has 5 heteroatoms. The van der Waals surface area contributed by atoms with Gasteiger partial charge >= 0.3 is 0 Å². The van der Waals surface area contributed by atoms with E-state index in [1.165, 1.54) is 6.07 Å². The van der Waals surface area contributed by atoms with Crippen LogP contribution in [0.3, 0.4) is 0 Å². The second kappa shape index (κ2) is 6.63. The van der Waals surface area contributed by atoms with Gasteiger partial charge in [-0.05, 0) is 36.4 Å². The Morgan fingerprint density at radius 3 is 2.89 bits per heavy atom. The Labute approximate surface area is 119 Å². The van der Waals surface area contributed by atoms with E-state index in [0.29, 0.717) is 16.8 Å². The summed E-state index contributed by atoms with van der Waals surface area (Å²) in [6, 6.07) is 6.52. The van der Waals surface area contributed by atoms with Crippen LogP contribution in [0.5, 0.6) is 11.5 Å². The second-order valence-corrected chi connectivity index (χ2v) is 4.90. The summed E-state index contributed by atoms with van der Waals surface area (Å²) in [6.07, 6.45) is 3.32. The molecule has 1 aromatic heterocycles. The molecule has 2 aromatic rings. The number of aromatic nitrogens is 1. The molecule has 0 saturated heterocycles. The Balaban J connectivity index is 2.14. The molecule has 0 spiro atoms. The van der Waals surface area contributed by atoms with E-state index in [4.69, 9.17) is 4.74 Å². The van der Waals surface area contributed by atoms with Gasteiger partial charge in [0.2, 0.25) is 0 Å². The average Bonchev–Trinajstić information content (AvgIpc) is 2.40. The molecule has 1 heterocycles. The van der Waals surface area contributed by atoms with Gasteiger partial charge in [0, 0.05) is 17.2 Å². The van der Waals surface area contributed by atoms with Gasteiger partial charge in [-0.15, -0.1) is 0 Å². The molecule has 1 aromatic carbocycles. The number of hydrogen-bond donors (Lipinski definition) is 1. The van der Waals surface area contributed by atoms with Crippen LogP contribution in [-0.2, 0) is 6.54 Å². The molecule has 19 heavy (non-hydrogen) atoms. The number of nitrogens with one attached hydrogen (secondary N) is 1. The van der Waals surface area contributed by atoms with E-state index in [0.717, 1.165) is 12.1 Å². The fraction of sp³-hybridized carbons (Fsp3) is 0.214. The summed E-state index contributed by atoms with van der Waals surface area (Å²) < 4.78 is 19.8. The SMILES string of the molecule is CCNCc1cncc(Oc2ccc(Br)cc2F)c1. The maximum atomic E-state index is 13.7. The molecule has 0 amide bonds. The predicted molar refractivity (Wildman–Crippen MR) is 75.8 cm³/mol. The third-order valence-corrected chi connectivity index (χ3v) is 2.96. The molecule has 0 aliphatic carbocycles. The van der Waals surface area contributed by atoms with Gasteiger partial charge in [-0.1, -0.05) is 22.9 Å². The molecular weight excluding hydrogens is 311 g/mol. The van der Waals surface area contributed by atoms with Crippen molar-refractivity contribution in [2.45, 2.75) is 13.5 Å². The first-order valence-electron chi connectivity index (χ1n) is 5.96. The van der Waals surface area contributed by atoms with Crippen molar-refractivity contribution in [2.75, 3.05) is 6.54 Å². The lowest BCUT2D eigenvalue weighted by molar-refractivity contribution is 0.439. The predicted octanol–water partition coefficient (Wildman–Crippen LogP) is 3.89. The molecule has 0 unspecified atom stereocenters. The van der Waals surface area contributed by atoms with E-state index >= 15 is 0 Å². The summed E-state index contributed by atoms with van der Waals surface area (Å²) in [5.74, 6) is 0.300. The number of pyridine rings is 1. The zero-order valence-electron chi connectivity index (χ0n) is 10.5.